The molecule has 0 aliphatic rings. The lowest BCUT2D eigenvalue weighted by molar-refractivity contribution is -0.120. The van der Waals surface area contributed by atoms with Crippen LogP contribution in [0.2, 0.25) is 10.0 Å². The number of ether oxygens (including phenoxy) is 3. The zero-order valence-corrected chi connectivity index (χ0v) is 21.7. The van der Waals surface area contributed by atoms with E-state index in [-0.39, 0.29) is 0 Å². The molecule has 0 saturated carbocycles. The summed E-state index contributed by atoms with van der Waals surface area (Å²) in [4.78, 5) is 15.8. The van der Waals surface area contributed by atoms with E-state index in [1.807, 2.05) is 45.0 Å². The predicted molar refractivity (Wildman–Crippen MR) is 134 cm³/mol. The fourth-order valence-electron chi connectivity index (χ4n) is 2.47. The molecule has 0 radical (unpaired) electrons. The highest BCUT2D eigenvalue weighted by Gasteiger charge is 2.24. The molecule has 1 aromatic heterocycles. The molecule has 1 unspecified atom stereocenters. The molecule has 1 heterocycles. The van der Waals surface area contributed by atoms with Crippen LogP contribution >= 0.6 is 34.7 Å². The number of carbonyl (C=O) groups is 1. The summed E-state index contributed by atoms with van der Waals surface area (Å²) in [5, 5.41) is 1.69. The summed E-state index contributed by atoms with van der Waals surface area (Å²) in [7, 11) is 1.68. The van der Waals surface area contributed by atoms with E-state index in [2.05, 4.69) is 14.1 Å². The van der Waals surface area contributed by atoms with Gasteiger partial charge in [-0.25, -0.2) is 4.98 Å². The Kier molecular flexibility index (Phi) is 10.6. The highest BCUT2D eigenvalue weighted by atomic mass is 35.5. The second-order valence-electron chi connectivity index (χ2n) is 7.32. The average Bonchev–Trinajstić information content (AvgIpc) is 3.30. The summed E-state index contributed by atoms with van der Waals surface area (Å²) in [5.74, 6) is 1.93. The molecule has 0 aliphatic carbocycles. The minimum atomic E-state index is -0.833. The Morgan fingerprint density at radius 1 is 1.12 bits per heavy atom. The van der Waals surface area contributed by atoms with E-state index in [0.29, 0.717) is 40.4 Å². The van der Waals surface area contributed by atoms with Gasteiger partial charge in [-0.15, -0.1) is 0 Å². The first-order chi connectivity index (χ1) is 15.7. The van der Waals surface area contributed by atoms with Gasteiger partial charge >= 0.3 is 0 Å². The molecule has 0 spiro atoms. The van der Waals surface area contributed by atoms with Gasteiger partial charge in [0, 0.05) is 19.3 Å². The van der Waals surface area contributed by atoms with Gasteiger partial charge in [-0.05, 0) is 80.7 Å². The molecule has 9 heteroatoms. The summed E-state index contributed by atoms with van der Waals surface area (Å²) in [6.07, 6.45) is 1.42. The van der Waals surface area contributed by atoms with Gasteiger partial charge in [-0.2, -0.15) is 4.37 Å². The molecule has 0 aliphatic heterocycles. The van der Waals surface area contributed by atoms with Crippen molar-refractivity contribution in [2.45, 2.75) is 46.3 Å². The van der Waals surface area contributed by atoms with Gasteiger partial charge < -0.3 is 14.2 Å². The highest BCUT2D eigenvalue weighted by Crippen LogP contribution is 2.29. The minimum absolute atomic E-state index is 0.291. The number of aryl methyl sites for hydroxylation is 1. The maximum Gasteiger partial charge on any atom is 0.173 e. The number of benzene rings is 2. The Morgan fingerprint density at radius 2 is 1.85 bits per heavy atom. The molecule has 178 valence electrons. The van der Waals surface area contributed by atoms with Crippen LogP contribution in [-0.4, -0.2) is 35.0 Å². The third-order valence-corrected chi connectivity index (χ3v) is 6.16. The van der Waals surface area contributed by atoms with Crippen molar-refractivity contribution >= 4 is 41.0 Å². The number of hydrogen-bond acceptors (Lipinski definition) is 7. The molecule has 0 bridgehead atoms. The molecule has 0 fully saturated rings. The Hall–Kier alpha value is -2.19. The van der Waals surface area contributed by atoms with Crippen molar-refractivity contribution < 1.29 is 19.0 Å². The van der Waals surface area contributed by atoms with Crippen LogP contribution in [0, 0.1) is 6.92 Å². The van der Waals surface area contributed by atoms with Crippen LogP contribution in [0.3, 0.4) is 0 Å². The lowest BCUT2D eigenvalue weighted by Gasteiger charge is -2.24. The van der Waals surface area contributed by atoms with E-state index in [0.717, 1.165) is 29.0 Å². The summed E-state index contributed by atoms with van der Waals surface area (Å²) >= 11 is 13.3. The molecule has 0 saturated heterocycles. The molecule has 3 rings (SSSR count). The number of carbonyl (C=O) groups excluding carboxylic acids is 1. The topological polar surface area (TPSA) is 70.5 Å². The zero-order valence-electron chi connectivity index (χ0n) is 19.4. The van der Waals surface area contributed by atoms with Gasteiger partial charge in [-0.3, -0.25) is 4.79 Å². The van der Waals surface area contributed by atoms with Gasteiger partial charge in [0.15, 0.2) is 22.7 Å². The average molecular weight is 511 g/mol. The third kappa shape index (κ3) is 7.96. The maximum absolute atomic E-state index is 11.3. The molecule has 0 N–H and O–H groups in total. The Balaban J connectivity index is 0.000000890. The Bertz CT molecular complexity index is 1060. The lowest BCUT2D eigenvalue weighted by Crippen LogP contribution is -2.33. The number of hydrogen-bond donors (Lipinski definition) is 0. The number of aromatic nitrogens is 2. The number of nitrogens with zero attached hydrogens (tertiary/aromatic N) is 2. The molecular weight excluding hydrogens is 483 g/mol. The van der Waals surface area contributed by atoms with Crippen LogP contribution in [0.1, 0.15) is 37.8 Å². The second-order valence-corrected chi connectivity index (χ2v) is 8.97. The summed E-state index contributed by atoms with van der Waals surface area (Å²) in [6, 6.07) is 10.8. The molecule has 33 heavy (non-hydrogen) atoms. The van der Waals surface area contributed by atoms with Crippen LogP contribution in [0.5, 0.6) is 11.5 Å². The summed E-state index contributed by atoms with van der Waals surface area (Å²) in [6.45, 7) is 8.66. The van der Waals surface area contributed by atoms with Crippen molar-refractivity contribution in [2.24, 2.45) is 0 Å². The van der Waals surface area contributed by atoms with E-state index in [1.54, 1.807) is 26.2 Å². The Labute approximate surface area is 209 Å². The van der Waals surface area contributed by atoms with Gasteiger partial charge in [-0.1, -0.05) is 30.1 Å². The molecule has 2 aromatic carbocycles. The standard InChI is InChI=1S/C21H20Cl2N2O3S.C3H8O/c1-4-21(3,12-26)28-18-8-6-15(9-13(18)2)27-11-19-24-20(25-29-19)14-5-7-16(22)17(23)10-14;1-3-4-2/h5-10,12H,4,11H2,1-3H3;3H2,1-2H3. The monoisotopic (exact) mass is 510 g/mol. The first kappa shape index (κ1) is 27.1. The van der Waals surface area contributed by atoms with Crippen molar-refractivity contribution in [1.82, 2.24) is 9.36 Å². The fourth-order valence-corrected chi connectivity index (χ4v) is 3.34. The summed E-state index contributed by atoms with van der Waals surface area (Å²) in [5.41, 5.74) is 0.854. The molecule has 1 atom stereocenters. The number of methoxy groups -OCH3 is 1. The van der Waals surface area contributed by atoms with Gasteiger partial charge in [0.2, 0.25) is 0 Å². The SMILES string of the molecule is CCC(C)(C=O)Oc1ccc(OCc2nc(-c3ccc(Cl)c(Cl)c3)ns2)cc1C.CCOC. The quantitative estimate of drug-likeness (QED) is 0.294. The number of rotatable bonds is 9. The van der Waals surface area contributed by atoms with E-state index in [9.17, 15) is 4.79 Å². The normalized spacial score (nSPS) is 12.3. The smallest absolute Gasteiger partial charge is 0.173 e. The van der Waals surface area contributed by atoms with Gasteiger partial charge in [0.25, 0.3) is 0 Å². The largest absolute Gasteiger partial charge is 0.486 e. The number of halogens is 2. The van der Waals surface area contributed by atoms with Crippen LogP contribution in [0.4, 0.5) is 0 Å². The molecule has 6 nitrogen and oxygen atoms in total. The van der Waals surface area contributed by atoms with E-state index < -0.39 is 5.60 Å². The van der Waals surface area contributed by atoms with Gasteiger partial charge in [0.1, 0.15) is 18.1 Å². The van der Waals surface area contributed by atoms with E-state index >= 15 is 0 Å². The molecular formula is C24H28Cl2N2O4S. The second kappa shape index (κ2) is 12.9. The highest BCUT2D eigenvalue weighted by molar-refractivity contribution is 7.05. The van der Waals surface area contributed by atoms with Crippen molar-refractivity contribution in [1.29, 1.82) is 0 Å². The first-order valence-electron chi connectivity index (χ1n) is 10.4. The zero-order chi connectivity index (χ0) is 24.4. The van der Waals surface area contributed by atoms with Crippen LogP contribution in [-0.2, 0) is 16.1 Å². The van der Waals surface area contributed by atoms with Crippen molar-refractivity contribution in [3.63, 3.8) is 0 Å². The number of aldehydes is 1. The minimum Gasteiger partial charge on any atom is -0.486 e. The predicted octanol–water partition coefficient (Wildman–Crippen LogP) is 6.80. The van der Waals surface area contributed by atoms with Crippen LogP contribution in [0.15, 0.2) is 36.4 Å². The van der Waals surface area contributed by atoms with Crippen LogP contribution < -0.4 is 9.47 Å². The first-order valence-corrected chi connectivity index (χ1v) is 11.9. The van der Waals surface area contributed by atoms with Crippen molar-refractivity contribution in [2.75, 3.05) is 13.7 Å². The fraction of sp³-hybridized carbons (Fsp3) is 0.375. The van der Waals surface area contributed by atoms with Gasteiger partial charge in [0.05, 0.1) is 10.0 Å². The van der Waals surface area contributed by atoms with E-state index in [4.69, 9.17) is 32.7 Å². The van der Waals surface area contributed by atoms with Crippen molar-refractivity contribution in [3.8, 4) is 22.9 Å². The lowest BCUT2D eigenvalue weighted by atomic mass is 10.1. The third-order valence-electron chi connectivity index (χ3n) is 4.74. The Morgan fingerprint density at radius 3 is 2.42 bits per heavy atom. The molecule has 3 aromatic rings. The van der Waals surface area contributed by atoms with Crippen molar-refractivity contribution in [3.05, 3.63) is 57.0 Å². The van der Waals surface area contributed by atoms with E-state index in [1.165, 1.54) is 11.5 Å². The molecule has 0 amide bonds. The summed E-state index contributed by atoms with van der Waals surface area (Å²) < 4.78 is 20.6. The van der Waals surface area contributed by atoms with Crippen LogP contribution in [0.25, 0.3) is 11.4 Å². The maximum atomic E-state index is 11.3.